The van der Waals surface area contributed by atoms with E-state index in [4.69, 9.17) is 4.74 Å². The Bertz CT molecular complexity index is 710. The molecule has 0 amide bonds. The van der Waals surface area contributed by atoms with Crippen LogP contribution >= 0.6 is 0 Å². The molecule has 2 atom stereocenters. The number of hydrogen-bond acceptors (Lipinski definition) is 3. The van der Waals surface area contributed by atoms with Gasteiger partial charge in [-0.15, -0.1) is 0 Å². The van der Waals surface area contributed by atoms with Crippen LogP contribution in [0.15, 0.2) is 35.3 Å². The normalized spacial score (nSPS) is 28.9. The molecule has 2 fully saturated rings. The van der Waals surface area contributed by atoms with Gasteiger partial charge in [-0.05, 0) is 62.4 Å². The third kappa shape index (κ3) is 2.23. The van der Waals surface area contributed by atoms with E-state index < -0.39 is 0 Å². The van der Waals surface area contributed by atoms with Crippen molar-refractivity contribution in [2.75, 3.05) is 7.05 Å². The third-order valence-electron chi connectivity index (χ3n) is 5.10. The maximum absolute atomic E-state index is 11.7. The van der Waals surface area contributed by atoms with Crippen molar-refractivity contribution >= 4 is 10.8 Å². The zero-order valence-electron chi connectivity index (χ0n) is 12.2. The standard InChI is InChI=1S/C17H20N2O2/c1-19-12-2-3-13(19)10-15(9-12)21-14-4-5-16-11(8-14)6-7-18-17(16)20/h4-8,12-13,15H,2-3,9-10H2,1H3,(H,18,20). The van der Waals surface area contributed by atoms with Gasteiger partial charge in [-0.25, -0.2) is 0 Å². The van der Waals surface area contributed by atoms with E-state index >= 15 is 0 Å². The highest BCUT2D eigenvalue weighted by Crippen LogP contribution is 2.36. The lowest BCUT2D eigenvalue weighted by molar-refractivity contribution is 0.0662. The summed E-state index contributed by atoms with van der Waals surface area (Å²) in [6.45, 7) is 0. The minimum atomic E-state index is -0.0450. The summed E-state index contributed by atoms with van der Waals surface area (Å²) in [4.78, 5) is 16.9. The molecule has 0 aliphatic carbocycles. The molecular weight excluding hydrogens is 264 g/mol. The molecule has 0 saturated carbocycles. The molecule has 2 aliphatic rings. The zero-order valence-corrected chi connectivity index (χ0v) is 12.2. The second-order valence-electron chi connectivity index (χ2n) is 6.32. The van der Waals surface area contributed by atoms with Gasteiger partial charge in [0, 0.05) is 23.7 Å². The van der Waals surface area contributed by atoms with Crippen molar-refractivity contribution in [1.82, 2.24) is 9.88 Å². The van der Waals surface area contributed by atoms with Gasteiger partial charge in [0.25, 0.3) is 5.56 Å². The molecule has 4 rings (SSSR count). The Morgan fingerprint density at radius 3 is 2.71 bits per heavy atom. The molecule has 2 bridgehead atoms. The second kappa shape index (κ2) is 4.88. The predicted octanol–water partition coefficient (Wildman–Crippen LogP) is 2.53. The lowest BCUT2D eigenvalue weighted by Gasteiger charge is -2.36. The second-order valence-corrected chi connectivity index (χ2v) is 6.32. The molecule has 2 unspecified atom stereocenters. The van der Waals surface area contributed by atoms with Crippen LogP contribution in [0.3, 0.4) is 0 Å². The van der Waals surface area contributed by atoms with Crippen LogP contribution < -0.4 is 10.3 Å². The lowest BCUT2D eigenvalue weighted by atomic mass is 10.0. The molecule has 0 spiro atoms. The predicted molar refractivity (Wildman–Crippen MR) is 82.8 cm³/mol. The van der Waals surface area contributed by atoms with Crippen LogP contribution in [0.25, 0.3) is 10.8 Å². The monoisotopic (exact) mass is 284 g/mol. The van der Waals surface area contributed by atoms with Crippen molar-refractivity contribution in [3.05, 3.63) is 40.8 Å². The Balaban J connectivity index is 1.56. The summed E-state index contributed by atoms with van der Waals surface area (Å²) in [6.07, 6.45) is 6.81. The largest absolute Gasteiger partial charge is 0.490 e. The number of ether oxygens (including phenoxy) is 1. The SMILES string of the molecule is CN1C2CCC1CC(Oc1ccc3c(=O)[nH]ccc3c1)C2. The molecule has 3 heterocycles. The first-order chi connectivity index (χ1) is 10.2. The first kappa shape index (κ1) is 12.9. The van der Waals surface area contributed by atoms with Crippen molar-refractivity contribution in [3.63, 3.8) is 0 Å². The number of H-pyrrole nitrogens is 1. The quantitative estimate of drug-likeness (QED) is 0.921. The highest BCUT2D eigenvalue weighted by atomic mass is 16.5. The molecule has 1 aromatic carbocycles. The molecule has 4 heteroatoms. The van der Waals surface area contributed by atoms with Gasteiger partial charge in [0.05, 0.1) is 0 Å². The fraction of sp³-hybridized carbons (Fsp3) is 0.471. The summed E-state index contributed by atoms with van der Waals surface area (Å²) in [5.41, 5.74) is -0.0450. The van der Waals surface area contributed by atoms with E-state index in [1.165, 1.54) is 12.8 Å². The number of nitrogens with one attached hydrogen (secondary N) is 1. The zero-order chi connectivity index (χ0) is 14.4. The van der Waals surface area contributed by atoms with Crippen LogP contribution in [-0.4, -0.2) is 35.1 Å². The lowest BCUT2D eigenvalue weighted by Crippen LogP contribution is -2.43. The van der Waals surface area contributed by atoms with Crippen LogP contribution in [0.4, 0.5) is 0 Å². The average Bonchev–Trinajstić information content (AvgIpc) is 2.70. The molecule has 2 aliphatic heterocycles. The highest BCUT2D eigenvalue weighted by Gasteiger charge is 2.39. The molecule has 110 valence electrons. The Hall–Kier alpha value is -1.81. The van der Waals surface area contributed by atoms with Gasteiger partial charge in [0.15, 0.2) is 0 Å². The molecule has 0 radical (unpaired) electrons. The molecule has 4 nitrogen and oxygen atoms in total. The number of nitrogens with zero attached hydrogens (tertiary/aromatic N) is 1. The van der Waals surface area contributed by atoms with Crippen LogP contribution in [0.1, 0.15) is 25.7 Å². The maximum atomic E-state index is 11.7. The maximum Gasteiger partial charge on any atom is 0.255 e. The van der Waals surface area contributed by atoms with Crippen molar-refractivity contribution in [1.29, 1.82) is 0 Å². The fourth-order valence-corrected chi connectivity index (χ4v) is 3.89. The molecule has 2 saturated heterocycles. The van der Waals surface area contributed by atoms with Crippen LogP contribution in [0.5, 0.6) is 5.75 Å². The first-order valence-corrected chi connectivity index (χ1v) is 7.71. The highest BCUT2D eigenvalue weighted by molar-refractivity contribution is 5.82. The number of aromatic amines is 1. The van der Waals surface area contributed by atoms with Crippen molar-refractivity contribution in [3.8, 4) is 5.75 Å². The summed E-state index contributed by atoms with van der Waals surface area (Å²) < 4.78 is 6.19. The van der Waals surface area contributed by atoms with Gasteiger partial charge < -0.3 is 14.6 Å². The number of pyridine rings is 1. The first-order valence-electron chi connectivity index (χ1n) is 7.71. The minimum Gasteiger partial charge on any atom is -0.490 e. The summed E-state index contributed by atoms with van der Waals surface area (Å²) in [5, 5.41) is 1.65. The number of fused-ring (bicyclic) bond motifs is 3. The van der Waals surface area contributed by atoms with Gasteiger partial charge >= 0.3 is 0 Å². The van der Waals surface area contributed by atoms with Crippen LogP contribution in [-0.2, 0) is 0 Å². The topological polar surface area (TPSA) is 45.3 Å². The Kier molecular flexibility index (Phi) is 3.00. The molecular formula is C17H20N2O2. The van der Waals surface area contributed by atoms with E-state index in [0.717, 1.165) is 24.0 Å². The number of piperidine rings is 1. The van der Waals surface area contributed by atoms with Gasteiger partial charge in [-0.3, -0.25) is 4.79 Å². The number of hydrogen-bond donors (Lipinski definition) is 1. The van der Waals surface area contributed by atoms with Gasteiger partial charge in [-0.2, -0.15) is 0 Å². The Labute approximate surface area is 123 Å². The van der Waals surface area contributed by atoms with E-state index in [-0.39, 0.29) is 5.56 Å². The van der Waals surface area contributed by atoms with Crippen molar-refractivity contribution in [2.24, 2.45) is 0 Å². The van der Waals surface area contributed by atoms with Crippen molar-refractivity contribution < 1.29 is 4.74 Å². The van der Waals surface area contributed by atoms with E-state index in [0.29, 0.717) is 23.6 Å². The Morgan fingerprint density at radius 2 is 1.95 bits per heavy atom. The fourth-order valence-electron chi connectivity index (χ4n) is 3.89. The van der Waals surface area contributed by atoms with Crippen LogP contribution in [0, 0.1) is 0 Å². The van der Waals surface area contributed by atoms with Crippen molar-refractivity contribution in [2.45, 2.75) is 43.9 Å². The summed E-state index contributed by atoms with van der Waals surface area (Å²) in [7, 11) is 2.24. The summed E-state index contributed by atoms with van der Waals surface area (Å²) >= 11 is 0. The number of rotatable bonds is 2. The smallest absolute Gasteiger partial charge is 0.255 e. The molecule has 2 aromatic rings. The minimum absolute atomic E-state index is 0.0450. The van der Waals surface area contributed by atoms with Gasteiger partial charge in [0.1, 0.15) is 11.9 Å². The summed E-state index contributed by atoms with van der Waals surface area (Å²) in [6, 6.07) is 9.02. The van der Waals surface area contributed by atoms with E-state index in [9.17, 15) is 4.79 Å². The van der Waals surface area contributed by atoms with E-state index in [2.05, 4.69) is 16.9 Å². The average molecular weight is 284 g/mol. The molecule has 1 aromatic heterocycles. The number of benzene rings is 1. The van der Waals surface area contributed by atoms with Crippen LogP contribution in [0.2, 0.25) is 0 Å². The van der Waals surface area contributed by atoms with E-state index in [1.54, 1.807) is 6.20 Å². The van der Waals surface area contributed by atoms with Gasteiger partial charge in [0.2, 0.25) is 0 Å². The molecule has 1 N–H and O–H groups in total. The summed E-state index contributed by atoms with van der Waals surface area (Å²) in [5.74, 6) is 0.877. The van der Waals surface area contributed by atoms with Gasteiger partial charge in [-0.1, -0.05) is 0 Å². The number of aromatic nitrogens is 1. The Morgan fingerprint density at radius 1 is 1.19 bits per heavy atom. The molecule has 21 heavy (non-hydrogen) atoms. The third-order valence-corrected chi connectivity index (χ3v) is 5.10. The van der Waals surface area contributed by atoms with E-state index in [1.807, 2.05) is 24.3 Å².